The Balaban J connectivity index is 1.10. The molecule has 1 aromatic carbocycles. The average molecular weight is 697 g/mol. The van der Waals surface area contributed by atoms with Crippen molar-refractivity contribution in [1.82, 2.24) is 20.2 Å². The van der Waals surface area contributed by atoms with Crippen LogP contribution in [0.15, 0.2) is 54.9 Å². The number of hydrogen-bond donors (Lipinski definition) is 2. The Hall–Kier alpha value is -3.85. The summed E-state index contributed by atoms with van der Waals surface area (Å²) in [5.74, 6) is 1.23. The van der Waals surface area contributed by atoms with Crippen LogP contribution in [0.3, 0.4) is 0 Å². The first-order valence-electron chi connectivity index (χ1n) is 18.5. The van der Waals surface area contributed by atoms with E-state index in [2.05, 4.69) is 39.1 Å². The quantitative estimate of drug-likeness (QED) is 0.221. The molecule has 3 heterocycles. The molecule has 1 aliphatic heterocycles. The highest BCUT2D eigenvalue weighted by Crippen LogP contribution is 2.41. The van der Waals surface area contributed by atoms with Crippen LogP contribution in [0, 0.1) is 23.7 Å². The number of likely N-dealkylation sites (tertiary alicyclic amines) is 1. The fraction of sp³-hybridized carbons (Fsp3) is 0.537. The third-order valence-electron chi connectivity index (χ3n) is 11.3. The standard InChI is InChI=1S/C41H52N4O4S/c1-5-26-6-10-28(11-7-26)29-14-16-30(17-15-29)33-23-42-37(43-24-33)31-12-8-27(9-13-31)22-34(39(47)45-21-20-32(25-45)40(48)49)44-38(46)35-18-19-36(50-35)41(2,3)4/h8-9,12-13,16,18-19,23-24,26,28-29,32,34H,5-7,10-11,14-15,17,20-22,25H2,1-4H3,(H,44,46)(H,48,49)/t26-,28-,29?,32-,34-/m0/s1. The van der Waals surface area contributed by atoms with Gasteiger partial charge in [0, 0.05) is 47.9 Å². The van der Waals surface area contributed by atoms with Gasteiger partial charge in [0.15, 0.2) is 5.82 Å². The number of allylic oxidation sites excluding steroid dienone is 2. The van der Waals surface area contributed by atoms with Crippen molar-refractivity contribution in [2.45, 2.75) is 103 Å². The summed E-state index contributed by atoms with van der Waals surface area (Å²) in [7, 11) is 0. The number of hydrogen-bond acceptors (Lipinski definition) is 6. The van der Waals surface area contributed by atoms with Crippen LogP contribution in [0.1, 0.15) is 111 Å². The lowest BCUT2D eigenvalue weighted by Crippen LogP contribution is -2.49. The van der Waals surface area contributed by atoms with Gasteiger partial charge in [-0.15, -0.1) is 11.3 Å². The van der Waals surface area contributed by atoms with E-state index in [0.29, 0.717) is 23.7 Å². The van der Waals surface area contributed by atoms with Crippen LogP contribution in [0.4, 0.5) is 0 Å². The molecule has 6 rings (SSSR count). The zero-order valence-electron chi connectivity index (χ0n) is 30.0. The molecular weight excluding hydrogens is 645 g/mol. The highest BCUT2D eigenvalue weighted by Gasteiger charge is 2.35. The summed E-state index contributed by atoms with van der Waals surface area (Å²) in [6.07, 6.45) is 17.4. The third kappa shape index (κ3) is 8.53. The van der Waals surface area contributed by atoms with Crippen LogP contribution < -0.4 is 5.32 Å². The molecule has 2 aliphatic carbocycles. The second-order valence-electron chi connectivity index (χ2n) is 15.7. The SMILES string of the molecule is CC[C@H]1CC[C@H](C2CC=C(c3cnc(-c4ccc(C[C@H](NC(=O)c5ccc(C(C)(C)C)s5)C(=O)N5CC[C@H](C(=O)O)C5)cc4)nc3)CC2)CC1. The van der Waals surface area contributed by atoms with E-state index in [-0.39, 0.29) is 30.2 Å². The minimum atomic E-state index is -0.899. The summed E-state index contributed by atoms with van der Waals surface area (Å²) >= 11 is 1.43. The minimum absolute atomic E-state index is 0.0880. The molecule has 0 bridgehead atoms. The summed E-state index contributed by atoms with van der Waals surface area (Å²) in [5, 5.41) is 12.5. The van der Waals surface area contributed by atoms with Crippen molar-refractivity contribution in [3.8, 4) is 11.4 Å². The highest BCUT2D eigenvalue weighted by molar-refractivity contribution is 7.14. The van der Waals surface area contributed by atoms with Crippen LogP contribution in [0.5, 0.6) is 0 Å². The molecule has 50 heavy (non-hydrogen) atoms. The van der Waals surface area contributed by atoms with Crippen molar-refractivity contribution in [2.24, 2.45) is 23.7 Å². The topological polar surface area (TPSA) is 112 Å². The van der Waals surface area contributed by atoms with Gasteiger partial charge in [0.2, 0.25) is 5.91 Å². The number of rotatable bonds is 10. The van der Waals surface area contributed by atoms with E-state index in [1.54, 1.807) is 11.0 Å². The zero-order chi connectivity index (χ0) is 35.4. The summed E-state index contributed by atoms with van der Waals surface area (Å²) in [6.45, 7) is 9.14. The number of aliphatic carboxylic acids is 1. The fourth-order valence-corrected chi connectivity index (χ4v) is 8.92. The molecule has 2 aromatic heterocycles. The Kier molecular flexibility index (Phi) is 11.2. The van der Waals surface area contributed by atoms with Crippen molar-refractivity contribution >= 4 is 34.7 Å². The average Bonchev–Trinajstić information content (AvgIpc) is 3.84. The van der Waals surface area contributed by atoms with Gasteiger partial charge in [-0.25, -0.2) is 9.97 Å². The summed E-state index contributed by atoms with van der Waals surface area (Å²) in [4.78, 5) is 51.3. The molecule has 8 nitrogen and oxygen atoms in total. The van der Waals surface area contributed by atoms with Gasteiger partial charge in [-0.2, -0.15) is 0 Å². The second kappa shape index (κ2) is 15.6. The minimum Gasteiger partial charge on any atom is -0.481 e. The van der Waals surface area contributed by atoms with Crippen LogP contribution in [-0.2, 0) is 21.4 Å². The Bertz CT molecular complexity index is 1680. The molecule has 3 aliphatic rings. The van der Waals surface area contributed by atoms with Crippen LogP contribution in [-0.4, -0.2) is 56.9 Å². The normalized spacial score (nSPS) is 23.3. The Morgan fingerprint density at radius 1 is 0.940 bits per heavy atom. The van der Waals surface area contributed by atoms with Crippen molar-refractivity contribution in [3.05, 3.63) is 75.7 Å². The van der Waals surface area contributed by atoms with Gasteiger partial charge in [0.25, 0.3) is 5.91 Å². The van der Waals surface area contributed by atoms with Crippen LogP contribution >= 0.6 is 11.3 Å². The third-order valence-corrected chi connectivity index (χ3v) is 12.8. The van der Waals surface area contributed by atoms with E-state index in [9.17, 15) is 19.5 Å². The highest BCUT2D eigenvalue weighted by atomic mass is 32.1. The number of amides is 2. The maximum absolute atomic E-state index is 13.7. The number of benzene rings is 1. The predicted octanol–water partition coefficient (Wildman–Crippen LogP) is 8.18. The lowest BCUT2D eigenvalue weighted by molar-refractivity contribution is -0.141. The van der Waals surface area contributed by atoms with Gasteiger partial charge >= 0.3 is 5.97 Å². The molecule has 2 fully saturated rings. The molecule has 3 aromatic rings. The smallest absolute Gasteiger partial charge is 0.308 e. The second-order valence-corrected chi connectivity index (χ2v) is 16.8. The van der Waals surface area contributed by atoms with Gasteiger partial charge in [0.05, 0.1) is 10.8 Å². The molecule has 1 saturated carbocycles. The molecular formula is C41H52N4O4S. The van der Waals surface area contributed by atoms with Gasteiger partial charge in [0.1, 0.15) is 6.04 Å². The maximum Gasteiger partial charge on any atom is 0.308 e. The van der Waals surface area contributed by atoms with Gasteiger partial charge in [-0.3, -0.25) is 14.4 Å². The van der Waals surface area contributed by atoms with Crippen LogP contribution in [0.2, 0.25) is 0 Å². The van der Waals surface area contributed by atoms with Gasteiger partial charge < -0.3 is 15.3 Å². The molecule has 1 unspecified atom stereocenters. The summed E-state index contributed by atoms with van der Waals surface area (Å²) in [5.41, 5.74) is 4.13. The number of carbonyl (C=O) groups excluding carboxylic acids is 2. The Morgan fingerprint density at radius 3 is 2.24 bits per heavy atom. The van der Waals surface area contributed by atoms with E-state index in [4.69, 9.17) is 9.97 Å². The first-order chi connectivity index (χ1) is 24.0. The summed E-state index contributed by atoms with van der Waals surface area (Å²) in [6, 6.07) is 10.7. The fourth-order valence-electron chi connectivity index (χ4n) is 7.96. The van der Waals surface area contributed by atoms with E-state index >= 15 is 0 Å². The largest absolute Gasteiger partial charge is 0.481 e. The molecule has 266 valence electrons. The van der Waals surface area contributed by atoms with Crippen molar-refractivity contribution < 1.29 is 19.5 Å². The van der Waals surface area contributed by atoms with Crippen molar-refractivity contribution in [1.29, 1.82) is 0 Å². The number of carboxylic acid groups (broad SMARTS) is 1. The molecule has 0 radical (unpaired) electrons. The maximum atomic E-state index is 13.7. The van der Waals surface area contributed by atoms with E-state index in [0.717, 1.165) is 52.2 Å². The number of carboxylic acids is 1. The zero-order valence-corrected chi connectivity index (χ0v) is 30.8. The van der Waals surface area contributed by atoms with Crippen molar-refractivity contribution in [2.75, 3.05) is 13.1 Å². The molecule has 2 N–H and O–H groups in total. The monoisotopic (exact) mass is 696 g/mol. The lowest BCUT2D eigenvalue weighted by atomic mass is 9.71. The number of nitrogens with zero attached hydrogens (tertiary/aromatic N) is 3. The van der Waals surface area contributed by atoms with Crippen molar-refractivity contribution in [3.63, 3.8) is 0 Å². The molecule has 9 heteroatoms. The molecule has 3 atom stereocenters. The van der Waals surface area contributed by atoms with E-state index < -0.39 is 17.9 Å². The summed E-state index contributed by atoms with van der Waals surface area (Å²) < 4.78 is 0. The molecule has 2 amide bonds. The number of aromatic nitrogens is 2. The predicted molar refractivity (Wildman–Crippen MR) is 199 cm³/mol. The number of thiophene rings is 1. The Morgan fingerprint density at radius 2 is 1.66 bits per heavy atom. The first-order valence-corrected chi connectivity index (χ1v) is 19.3. The van der Waals surface area contributed by atoms with Crippen LogP contribution in [0.25, 0.3) is 17.0 Å². The number of carbonyl (C=O) groups is 3. The molecule has 0 spiro atoms. The van der Waals surface area contributed by atoms with E-state index in [1.165, 1.54) is 55.4 Å². The van der Waals surface area contributed by atoms with Gasteiger partial charge in [-0.05, 0) is 85.0 Å². The molecule has 1 saturated heterocycles. The lowest BCUT2D eigenvalue weighted by Gasteiger charge is -2.35. The van der Waals surface area contributed by atoms with E-state index in [1.807, 2.05) is 42.7 Å². The number of nitrogens with one attached hydrogen (secondary N) is 1. The first kappa shape index (κ1) is 36.0. The van der Waals surface area contributed by atoms with Gasteiger partial charge in [-0.1, -0.05) is 77.3 Å². The Labute approximate surface area is 300 Å².